The molecule has 1 aliphatic rings. The van der Waals surface area contributed by atoms with Gasteiger partial charge in [0, 0.05) is 6.20 Å². The molecule has 1 aliphatic heterocycles. The van der Waals surface area contributed by atoms with Crippen molar-refractivity contribution in [2.24, 2.45) is 5.92 Å². The van der Waals surface area contributed by atoms with Crippen LogP contribution in [0.2, 0.25) is 0 Å². The number of cyclic esters (lactones) is 1. The van der Waals surface area contributed by atoms with Crippen LogP contribution in [-0.2, 0) is 19.3 Å². The molecule has 1 amide bonds. The average molecular weight is 494 g/mol. The number of halogens is 1. The predicted octanol–water partition coefficient (Wildman–Crippen LogP) is 6.32. The molecule has 0 aliphatic carbocycles. The molecule has 1 aromatic carbocycles. The summed E-state index contributed by atoms with van der Waals surface area (Å²) < 4.78 is 50.9. The highest BCUT2D eigenvalue weighted by Crippen LogP contribution is 2.22. The summed E-state index contributed by atoms with van der Waals surface area (Å²) in [4.78, 5) is 14.1. The van der Waals surface area contributed by atoms with Crippen molar-refractivity contribution < 1.29 is 27.1 Å². The van der Waals surface area contributed by atoms with Gasteiger partial charge in [-0.1, -0.05) is 38.5 Å². The van der Waals surface area contributed by atoms with Crippen molar-refractivity contribution in [2.45, 2.75) is 58.5 Å². The van der Waals surface area contributed by atoms with E-state index in [1.54, 1.807) is 31.2 Å². The molecule has 188 valence electrons. The first kappa shape index (κ1) is 27.6. The number of hydrogen-bond acceptors (Lipinski definition) is 5. The number of hydrogen-bond donors (Lipinski definition) is 0. The van der Waals surface area contributed by atoms with Crippen LogP contribution in [0.15, 0.2) is 65.9 Å². The highest BCUT2D eigenvalue weighted by Gasteiger charge is 2.22. The van der Waals surface area contributed by atoms with E-state index in [1.807, 2.05) is 13.0 Å². The number of sulfone groups is 1. The maximum atomic E-state index is 13.7. The minimum atomic E-state index is -3.66. The Morgan fingerprint density at radius 2 is 1.79 bits per heavy atom. The second kappa shape index (κ2) is 14.6. The van der Waals surface area contributed by atoms with Crippen molar-refractivity contribution in [3.63, 3.8) is 0 Å². The molecule has 2 unspecified atom stereocenters. The van der Waals surface area contributed by atoms with Gasteiger partial charge in [-0.2, -0.15) is 0 Å². The maximum absolute atomic E-state index is 13.7. The number of para-hydroxylation sites is 1. The Morgan fingerprint density at radius 1 is 1.06 bits per heavy atom. The Hall–Kier alpha value is -2.61. The van der Waals surface area contributed by atoms with E-state index in [0.717, 1.165) is 0 Å². The van der Waals surface area contributed by atoms with E-state index in [0.29, 0.717) is 50.8 Å². The Balaban J connectivity index is 2.30. The number of carbonyl (C=O) groups is 1. The molecule has 0 bridgehead atoms. The van der Waals surface area contributed by atoms with Gasteiger partial charge < -0.3 is 9.47 Å². The van der Waals surface area contributed by atoms with Crippen molar-refractivity contribution in [2.75, 3.05) is 23.9 Å². The van der Waals surface area contributed by atoms with Gasteiger partial charge in [0.05, 0.1) is 42.0 Å². The molecule has 2 atom stereocenters. The Morgan fingerprint density at radius 3 is 2.50 bits per heavy atom. The molecule has 1 aromatic rings. The zero-order chi connectivity index (χ0) is 24.8. The monoisotopic (exact) mass is 493 g/mol. The lowest BCUT2D eigenvalue weighted by Crippen LogP contribution is -2.26. The van der Waals surface area contributed by atoms with Crippen molar-refractivity contribution in [3.05, 3.63) is 65.9 Å². The van der Waals surface area contributed by atoms with Gasteiger partial charge in [0.25, 0.3) is 0 Å². The van der Waals surface area contributed by atoms with Gasteiger partial charge in [-0.05, 0) is 68.4 Å². The van der Waals surface area contributed by atoms with E-state index in [2.05, 4.69) is 0 Å². The first-order valence-electron chi connectivity index (χ1n) is 11.9. The minimum Gasteiger partial charge on any atom is -0.501 e. The summed E-state index contributed by atoms with van der Waals surface area (Å²) in [6, 6.07) is 8.99. The van der Waals surface area contributed by atoms with Crippen molar-refractivity contribution >= 4 is 21.6 Å². The summed E-state index contributed by atoms with van der Waals surface area (Å²) in [6.45, 7) is 4.35. The predicted molar refractivity (Wildman–Crippen MR) is 134 cm³/mol. The largest absolute Gasteiger partial charge is 0.501 e. The van der Waals surface area contributed by atoms with Gasteiger partial charge in [0.2, 0.25) is 0 Å². The third-order valence-corrected chi connectivity index (χ3v) is 7.56. The lowest BCUT2D eigenvalue weighted by atomic mass is 10.00. The summed E-state index contributed by atoms with van der Waals surface area (Å²) in [7, 11) is -3.66. The van der Waals surface area contributed by atoms with E-state index < -0.39 is 22.1 Å². The van der Waals surface area contributed by atoms with E-state index >= 15 is 0 Å². The molecule has 0 saturated heterocycles. The van der Waals surface area contributed by atoms with Gasteiger partial charge in [-0.15, -0.1) is 0 Å². The normalized spacial score (nSPS) is 17.8. The topological polar surface area (TPSA) is 72.9 Å². The summed E-state index contributed by atoms with van der Waals surface area (Å²) in [6.07, 6.45) is 9.04. The van der Waals surface area contributed by atoms with Crippen molar-refractivity contribution in [1.29, 1.82) is 0 Å². The summed E-state index contributed by atoms with van der Waals surface area (Å²) in [5.41, 5.74) is 0.607. The first-order valence-corrected chi connectivity index (χ1v) is 13.6. The standard InChI is InChI=1S/C26H36FNO5S/c1-3-22(14-15-23(27)4-2)21-34(30,31)25-13-10-17-28(24-11-6-5-7-12-24)26(29)33-19-9-8-18-32-20-16-25/h5-7,10-13,16-17,20,22-23H,3-4,8-9,14-15,18-19,21H2,1-2H3. The number of amides is 1. The number of alkyl halides is 1. The molecule has 0 fully saturated rings. The second-order valence-electron chi connectivity index (χ2n) is 8.25. The maximum Gasteiger partial charge on any atom is 0.418 e. The Kier molecular flexibility index (Phi) is 11.9. The molecule has 2 rings (SSSR count). The van der Waals surface area contributed by atoms with Crippen molar-refractivity contribution in [1.82, 2.24) is 0 Å². The van der Waals surface area contributed by atoms with E-state index in [9.17, 15) is 17.6 Å². The molecule has 6 nitrogen and oxygen atoms in total. The number of nitrogens with zero attached hydrogens (tertiary/aromatic N) is 1. The highest BCUT2D eigenvalue weighted by molar-refractivity contribution is 7.95. The van der Waals surface area contributed by atoms with Crippen LogP contribution in [0.5, 0.6) is 0 Å². The Bertz CT molecular complexity index is 943. The molecule has 0 spiro atoms. The van der Waals surface area contributed by atoms with Crippen LogP contribution in [0.3, 0.4) is 0 Å². The highest BCUT2D eigenvalue weighted by atomic mass is 32.2. The number of allylic oxidation sites excluding steroid dienone is 3. The zero-order valence-electron chi connectivity index (χ0n) is 20.1. The lowest BCUT2D eigenvalue weighted by molar-refractivity contribution is 0.149. The lowest BCUT2D eigenvalue weighted by Gasteiger charge is -2.18. The van der Waals surface area contributed by atoms with Crippen LogP contribution >= 0.6 is 0 Å². The van der Waals surface area contributed by atoms with Crippen LogP contribution in [0.4, 0.5) is 14.9 Å². The van der Waals surface area contributed by atoms with Crippen molar-refractivity contribution in [3.8, 4) is 0 Å². The summed E-state index contributed by atoms with van der Waals surface area (Å²) in [5, 5.41) is 0. The summed E-state index contributed by atoms with van der Waals surface area (Å²) >= 11 is 0. The van der Waals surface area contributed by atoms with E-state index in [1.165, 1.54) is 35.6 Å². The third-order valence-electron chi connectivity index (χ3n) is 5.66. The summed E-state index contributed by atoms with van der Waals surface area (Å²) in [5.74, 6) is -0.216. The smallest absolute Gasteiger partial charge is 0.418 e. The van der Waals surface area contributed by atoms with E-state index in [4.69, 9.17) is 9.47 Å². The fourth-order valence-corrected chi connectivity index (χ4v) is 5.22. The quantitative estimate of drug-likeness (QED) is 0.402. The number of rotatable bonds is 9. The van der Waals surface area contributed by atoms with Gasteiger partial charge >= 0.3 is 6.09 Å². The number of benzene rings is 1. The molecule has 0 saturated carbocycles. The van der Waals surface area contributed by atoms with Gasteiger partial charge in [-0.3, -0.25) is 4.90 Å². The molecular weight excluding hydrogens is 457 g/mol. The van der Waals surface area contributed by atoms with Crippen LogP contribution in [0, 0.1) is 5.92 Å². The van der Waals surface area contributed by atoms with Crippen LogP contribution < -0.4 is 4.90 Å². The van der Waals surface area contributed by atoms with Gasteiger partial charge in [0.1, 0.15) is 0 Å². The fourth-order valence-electron chi connectivity index (χ4n) is 3.46. The van der Waals surface area contributed by atoms with Crippen LogP contribution in [0.25, 0.3) is 0 Å². The molecule has 0 radical (unpaired) electrons. The molecular formula is C26H36FNO5S. The number of ether oxygens (including phenoxy) is 2. The molecule has 34 heavy (non-hydrogen) atoms. The third kappa shape index (κ3) is 9.33. The Labute approximate surface area is 203 Å². The van der Waals surface area contributed by atoms with Gasteiger partial charge in [0.15, 0.2) is 9.84 Å². The molecule has 8 heteroatoms. The molecule has 0 aromatic heterocycles. The van der Waals surface area contributed by atoms with Gasteiger partial charge in [-0.25, -0.2) is 17.6 Å². The zero-order valence-corrected chi connectivity index (χ0v) is 20.9. The SMILES string of the molecule is CCC(F)CCC(CC)CS(=O)(=O)C1=CC=CN(c2ccccc2)C(=O)OCCCCOC=C1. The average Bonchev–Trinajstić information content (AvgIpc) is 2.84. The molecule has 1 heterocycles. The second-order valence-corrected chi connectivity index (χ2v) is 10.3. The molecule has 0 N–H and O–H groups in total. The minimum absolute atomic E-state index is 0.0750. The fraction of sp³-hybridized carbons (Fsp3) is 0.500. The van der Waals surface area contributed by atoms with Crippen LogP contribution in [0.1, 0.15) is 52.4 Å². The number of anilines is 1. The first-order chi connectivity index (χ1) is 16.4. The van der Waals surface area contributed by atoms with E-state index in [-0.39, 0.29) is 23.2 Å². The van der Waals surface area contributed by atoms with Crippen LogP contribution in [-0.4, -0.2) is 39.6 Å². The number of carbonyl (C=O) groups excluding carboxylic acids is 1.